The van der Waals surface area contributed by atoms with Gasteiger partial charge in [-0.05, 0) is 20.4 Å². The molecule has 1 fully saturated rings. The molecule has 1 rings (SSSR count). The van der Waals surface area contributed by atoms with Crippen molar-refractivity contribution in [2.24, 2.45) is 0 Å². The van der Waals surface area contributed by atoms with Crippen molar-refractivity contribution in [1.29, 1.82) is 0 Å². The normalized spacial score (nSPS) is 38.8. The number of hydrogen-bond donors (Lipinski definition) is 0. The zero-order valence-electron chi connectivity index (χ0n) is 9.17. The molecule has 0 spiro atoms. The van der Waals surface area contributed by atoms with Crippen molar-refractivity contribution in [2.75, 3.05) is 20.6 Å². The molecule has 0 amide bonds. The van der Waals surface area contributed by atoms with Gasteiger partial charge in [0.05, 0.1) is 20.1 Å². The van der Waals surface area contributed by atoms with Gasteiger partial charge in [0.15, 0.2) is 0 Å². The van der Waals surface area contributed by atoms with Crippen molar-refractivity contribution in [3.05, 3.63) is 0 Å². The van der Waals surface area contributed by atoms with E-state index in [4.69, 9.17) is 0 Å². The molecule has 0 radical (unpaired) electrons. The van der Waals surface area contributed by atoms with Gasteiger partial charge in [0.2, 0.25) is 0 Å². The lowest BCUT2D eigenvalue weighted by Crippen LogP contribution is -2.63. The van der Waals surface area contributed by atoms with Crippen LogP contribution in [0.3, 0.4) is 0 Å². The van der Waals surface area contributed by atoms with E-state index in [1.54, 1.807) is 0 Å². The number of quaternary nitrogens is 1. The largest absolute Gasteiger partial charge is 0.378 e. The number of hydrogen-bond acceptors (Lipinski definition) is 1. The molecular formula is C9H23N2Si+. The van der Waals surface area contributed by atoms with Gasteiger partial charge in [0.1, 0.15) is 0 Å². The molecule has 0 aliphatic carbocycles. The summed E-state index contributed by atoms with van der Waals surface area (Å²) in [6.45, 7) is 8.32. The van der Waals surface area contributed by atoms with Crippen LogP contribution in [0.5, 0.6) is 0 Å². The van der Waals surface area contributed by atoms with Crippen LogP contribution in [0.25, 0.3) is 0 Å². The first kappa shape index (κ1) is 10.2. The fourth-order valence-electron chi connectivity index (χ4n) is 2.09. The summed E-state index contributed by atoms with van der Waals surface area (Å²) in [6.07, 6.45) is 1.37. The van der Waals surface area contributed by atoms with Gasteiger partial charge < -0.3 is 4.15 Å². The standard InChI is InChI=1S/C9H23N2Si/c1-6-10-8(2)7-9(3)11(4,5)12-10/h8-9H,6-7,12H2,1-5H3/q+1. The maximum atomic E-state index is 2.71. The van der Waals surface area contributed by atoms with E-state index in [1.807, 2.05) is 0 Å². The lowest BCUT2D eigenvalue weighted by molar-refractivity contribution is -0.814. The third-order valence-corrected chi connectivity index (χ3v) is 6.24. The monoisotopic (exact) mass is 187 g/mol. The molecule has 0 aromatic carbocycles. The summed E-state index contributed by atoms with van der Waals surface area (Å²) in [5.41, 5.74) is 0. The van der Waals surface area contributed by atoms with Crippen molar-refractivity contribution >= 4 is 9.84 Å². The molecular weight excluding hydrogens is 164 g/mol. The summed E-state index contributed by atoms with van der Waals surface area (Å²) in [6, 6.07) is 1.71. The zero-order valence-corrected chi connectivity index (χ0v) is 10.6. The topological polar surface area (TPSA) is 3.24 Å². The summed E-state index contributed by atoms with van der Waals surface area (Å²) in [5.74, 6) is 0. The van der Waals surface area contributed by atoms with Gasteiger partial charge >= 0.3 is 9.84 Å². The summed E-state index contributed by atoms with van der Waals surface area (Å²) >= 11 is 0. The first-order valence-electron chi connectivity index (χ1n) is 5.04. The summed E-state index contributed by atoms with van der Waals surface area (Å²) in [5, 5.41) is 0. The van der Waals surface area contributed by atoms with Gasteiger partial charge in [-0.1, -0.05) is 6.92 Å². The molecule has 0 saturated carbocycles. The van der Waals surface area contributed by atoms with E-state index in [0.717, 1.165) is 12.1 Å². The Bertz CT molecular complexity index is 159. The minimum atomic E-state index is -0.0737. The van der Waals surface area contributed by atoms with Crippen molar-refractivity contribution < 1.29 is 4.15 Å². The van der Waals surface area contributed by atoms with Crippen LogP contribution in [-0.4, -0.2) is 51.3 Å². The smallest absolute Gasteiger partial charge is 0.338 e. The van der Waals surface area contributed by atoms with Gasteiger partial charge in [0.25, 0.3) is 0 Å². The second kappa shape index (κ2) is 3.48. The highest BCUT2D eigenvalue weighted by molar-refractivity contribution is 6.22. The Balaban J connectivity index is 2.63. The van der Waals surface area contributed by atoms with Gasteiger partial charge in [-0.3, -0.25) is 4.57 Å². The van der Waals surface area contributed by atoms with Crippen LogP contribution in [0.15, 0.2) is 0 Å². The second-order valence-electron chi connectivity index (χ2n) is 4.76. The summed E-state index contributed by atoms with van der Waals surface area (Å²) in [4.78, 5) is 0. The van der Waals surface area contributed by atoms with Gasteiger partial charge in [-0.25, -0.2) is 0 Å². The van der Waals surface area contributed by atoms with Crippen LogP contribution < -0.4 is 0 Å². The molecule has 2 unspecified atom stereocenters. The zero-order chi connectivity index (χ0) is 9.35. The lowest BCUT2D eigenvalue weighted by Gasteiger charge is -2.48. The SMILES string of the molecule is CCN1[SiH2][N+](C)(C)C(C)CC1C. The molecule has 0 N–H and O–H groups in total. The maximum Gasteiger partial charge on any atom is 0.338 e. The highest BCUT2D eigenvalue weighted by atomic mass is 28.2. The molecule has 0 aromatic heterocycles. The van der Waals surface area contributed by atoms with Crippen molar-refractivity contribution in [3.8, 4) is 0 Å². The van der Waals surface area contributed by atoms with Crippen LogP contribution in [0.2, 0.25) is 0 Å². The molecule has 3 heteroatoms. The van der Waals surface area contributed by atoms with Gasteiger partial charge in [0, 0.05) is 12.5 Å². The predicted molar refractivity (Wildman–Crippen MR) is 56.6 cm³/mol. The highest BCUT2D eigenvalue weighted by Gasteiger charge is 2.35. The quantitative estimate of drug-likeness (QED) is 0.542. The Kier molecular flexibility index (Phi) is 2.96. The molecule has 72 valence electrons. The average Bonchev–Trinajstić information content (AvgIpc) is 1.97. The molecule has 0 bridgehead atoms. The minimum Gasteiger partial charge on any atom is -0.378 e. The molecule has 1 aliphatic heterocycles. The Morgan fingerprint density at radius 2 is 2.00 bits per heavy atom. The summed E-state index contributed by atoms with van der Waals surface area (Å²) in [7, 11) is 4.71. The second-order valence-corrected chi connectivity index (χ2v) is 7.48. The maximum absolute atomic E-state index is 2.71. The average molecular weight is 187 g/mol. The van der Waals surface area contributed by atoms with Gasteiger partial charge in [-0.2, -0.15) is 0 Å². The molecule has 1 saturated heterocycles. The van der Waals surface area contributed by atoms with Crippen molar-refractivity contribution in [3.63, 3.8) is 0 Å². The van der Waals surface area contributed by atoms with Crippen molar-refractivity contribution in [2.45, 2.75) is 39.3 Å². The van der Waals surface area contributed by atoms with Crippen LogP contribution in [0.1, 0.15) is 27.2 Å². The Morgan fingerprint density at radius 3 is 2.50 bits per heavy atom. The predicted octanol–water partition coefficient (Wildman–Crippen LogP) is 0.564. The fraction of sp³-hybridized carbons (Fsp3) is 1.00. The Hall–Kier alpha value is 0.137. The van der Waals surface area contributed by atoms with Crippen LogP contribution in [0.4, 0.5) is 0 Å². The van der Waals surface area contributed by atoms with E-state index in [-0.39, 0.29) is 9.84 Å². The first-order chi connectivity index (χ1) is 5.47. The van der Waals surface area contributed by atoms with E-state index in [0.29, 0.717) is 0 Å². The molecule has 2 nitrogen and oxygen atoms in total. The highest BCUT2D eigenvalue weighted by Crippen LogP contribution is 2.21. The third-order valence-electron chi connectivity index (χ3n) is 3.45. The Morgan fingerprint density at radius 1 is 1.42 bits per heavy atom. The first-order valence-corrected chi connectivity index (χ1v) is 6.30. The van der Waals surface area contributed by atoms with Crippen LogP contribution in [0, 0.1) is 0 Å². The molecule has 0 aromatic rings. The number of rotatable bonds is 1. The van der Waals surface area contributed by atoms with Gasteiger partial charge in [-0.15, -0.1) is 0 Å². The third kappa shape index (κ3) is 1.89. The fourth-order valence-corrected chi connectivity index (χ4v) is 4.08. The number of nitrogens with zero attached hydrogens (tertiary/aromatic N) is 2. The van der Waals surface area contributed by atoms with E-state index >= 15 is 0 Å². The van der Waals surface area contributed by atoms with Crippen molar-refractivity contribution in [1.82, 2.24) is 4.57 Å². The Labute approximate surface area is 79.1 Å². The van der Waals surface area contributed by atoms with E-state index < -0.39 is 0 Å². The molecule has 12 heavy (non-hydrogen) atoms. The van der Waals surface area contributed by atoms with E-state index in [1.165, 1.54) is 17.1 Å². The molecule has 2 atom stereocenters. The summed E-state index contributed by atoms with van der Waals surface area (Å²) < 4.78 is 4.00. The minimum absolute atomic E-state index is 0.0737. The van der Waals surface area contributed by atoms with E-state index in [9.17, 15) is 0 Å². The van der Waals surface area contributed by atoms with Crippen LogP contribution in [-0.2, 0) is 0 Å². The molecule has 1 aliphatic rings. The van der Waals surface area contributed by atoms with E-state index in [2.05, 4.69) is 39.4 Å². The van der Waals surface area contributed by atoms with Crippen LogP contribution >= 0.6 is 0 Å². The lowest BCUT2D eigenvalue weighted by atomic mass is 10.1. The molecule has 1 heterocycles.